The predicted octanol–water partition coefficient (Wildman–Crippen LogP) is 6.82. The summed E-state index contributed by atoms with van der Waals surface area (Å²) in [7, 11) is 1.61. The van der Waals surface area contributed by atoms with Crippen molar-refractivity contribution in [3.05, 3.63) is 69.6 Å². The number of para-hydroxylation sites is 1. The first kappa shape index (κ1) is 27.0. The second-order valence-electron chi connectivity index (χ2n) is 9.54. The Bertz CT molecular complexity index is 1300. The molecule has 2 N–H and O–H groups in total. The number of aliphatic carboxylic acids is 1. The van der Waals surface area contributed by atoms with E-state index >= 15 is 0 Å². The molecule has 1 aromatic heterocycles. The van der Waals surface area contributed by atoms with Crippen molar-refractivity contribution in [1.82, 2.24) is 4.98 Å². The Morgan fingerprint density at radius 1 is 1.19 bits per heavy atom. The summed E-state index contributed by atoms with van der Waals surface area (Å²) in [5.41, 5.74) is 1.59. The van der Waals surface area contributed by atoms with Crippen LogP contribution in [0.15, 0.2) is 41.3 Å². The monoisotopic (exact) mass is 514 g/mol. The number of carbonyl (C=O) groups excluding carboxylic acids is 1. The molecule has 3 rings (SSSR count). The molecular weight excluding hydrogens is 486 g/mol. The summed E-state index contributed by atoms with van der Waals surface area (Å²) in [6.07, 6.45) is 2.69. The van der Waals surface area contributed by atoms with Crippen LogP contribution in [0.5, 0.6) is 5.75 Å². The van der Waals surface area contributed by atoms with Crippen molar-refractivity contribution >= 4 is 34.4 Å². The Balaban J connectivity index is 1.82. The fourth-order valence-corrected chi connectivity index (χ4v) is 4.20. The van der Waals surface area contributed by atoms with Crippen LogP contribution < -0.4 is 10.1 Å². The van der Waals surface area contributed by atoms with Gasteiger partial charge in [0.15, 0.2) is 5.13 Å². The predicted molar refractivity (Wildman–Crippen MR) is 137 cm³/mol. The van der Waals surface area contributed by atoms with Crippen LogP contribution in [-0.4, -0.2) is 29.1 Å². The molecule has 0 saturated carbocycles. The molecule has 0 aliphatic carbocycles. The van der Waals surface area contributed by atoms with Crippen LogP contribution >= 0.6 is 11.3 Å². The number of methoxy groups -OCH3 is 1. The van der Waals surface area contributed by atoms with Crippen molar-refractivity contribution < 1.29 is 28.2 Å². The summed E-state index contributed by atoms with van der Waals surface area (Å²) in [6.45, 7) is 7.75. The van der Waals surface area contributed by atoms with E-state index in [1.807, 2.05) is 18.2 Å². The van der Waals surface area contributed by atoms with E-state index < -0.39 is 29.1 Å². The van der Waals surface area contributed by atoms with Crippen molar-refractivity contribution in [2.45, 2.75) is 40.5 Å². The maximum Gasteiger partial charge on any atom is 0.331 e. The van der Waals surface area contributed by atoms with E-state index in [9.17, 15) is 18.4 Å². The zero-order chi connectivity index (χ0) is 26.6. The van der Waals surface area contributed by atoms with E-state index in [4.69, 9.17) is 9.84 Å². The topological polar surface area (TPSA) is 88.5 Å². The van der Waals surface area contributed by atoms with Gasteiger partial charge in [0.25, 0.3) is 5.91 Å². The lowest BCUT2D eigenvalue weighted by Crippen LogP contribution is -2.13. The summed E-state index contributed by atoms with van der Waals surface area (Å²) >= 11 is 1.17. The Kier molecular flexibility index (Phi) is 8.24. The van der Waals surface area contributed by atoms with E-state index in [0.717, 1.165) is 47.9 Å². The second-order valence-corrected chi connectivity index (χ2v) is 10.4. The Morgan fingerprint density at radius 3 is 2.44 bits per heavy atom. The minimum absolute atomic E-state index is 0.168. The molecule has 0 atom stereocenters. The molecule has 9 heteroatoms. The molecule has 1 heterocycles. The number of nitrogens with zero attached hydrogens (tertiary/aromatic N) is 1. The number of carboxylic acid groups (broad SMARTS) is 1. The largest absolute Gasteiger partial charge is 0.496 e. The lowest BCUT2D eigenvalue weighted by atomic mass is 9.88. The van der Waals surface area contributed by atoms with Gasteiger partial charge in [-0.1, -0.05) is 32.9 Å². The first-order valence-corrected chi connectivity index (χ1v) is 12.1. The van der Waals surface area contributed by atoms with Gasteiger partial charge >= 0.3 is 5.97 Å². The molecule has 3 aromatic rings. The van der Waals surface area contributed by atoms with Crippen molar-refractivity contribution in [2.75, 3.05) is 12.4 Å². The summed E-state index contributed by atoms with van der Waals surface area (Å²) < 4.78 is 34.6. The van der Waals surface area contributed by atoms with Gasteiger partial charge in [-0.15, -0.1) is 11.3 Å². The van der Waals surface area contributed by atoms with Gasteiger partial charge in [0.05, 0.1) is 12.8 Å². The standard InChI is InChI=1S/C27H28F2N2O4S/c1-15(25(33)34)11-19-20(28)12-17(13-21(19)29)24(32)31-26-30-22(14-36-26)18-8-6-7-16(23(18)35-5)9-10-27(2,3)4/h6-8,11-14H,9-10H2,1-5H3,(H,33,34)(H,30,31,32). The Morgan fingerprint density at radius 2 is 1.86 bits per heavy atom. The number of nitrogens with one attached hydrogen (secondary N) is 1. The van der Waals surface area contributed by atoms with Gasteiger partial charge in [0.1, 0.15) is 17.4 Å². The number of thiazole rings is 1. The number of aryl methyl sites for hydroxylation is 1. The van der Waals surface area contributed by atoms with Crippen LogP contribution in [-0.2, 0) is 11.2 Å². The van der Waals surface area contributed by atoms with Crippen LogP contribution in [0.25, 0.3) is 17.3 Å². The molecule has 0 unspecified atom stereocenters. The zero-order valence-electron chi connectivity index (χ0n) is 20.7. The summed E-state index contributed by atoms with van der Waals surface area (Å²) in [5.74, 6) is -3.42. The SMILES string of the molecule is COc1c(CCC(C)(C)C)cccc1-c1csc(NC(=O)c2cc(F)c(C=C(C)C(=O)O)c(F)c2)n1. The Labute approximate surface area is 212 Å². The number of anilines is 1. The molecule has 0 radical (unpaired) electrons. The highest BCUT2D eigenvalue weighted by molar-refractivity contribution is 7.14. The number of benzene rings is 2. The van der Waals surface area contributed by atoms with Crippen molar-refractivity contribution in [3.8, 4) is 17.0 Å². The minimum atomic E-state index is -1.30. The number of amides is 1. The maximum absolute atomic E-state index is 14.4. The third-order valence-corrected chi connectivity index (χ3v) is 6.24. The van der Waals surface area contributed by atoms with Gasteiger partial charge in [-0.25, -0.2) is 18.6 Å². The van der Waals surface area contributed by atoms with Crippen LogP contribution in [0, 0.1) is 17.0 Å². The van der Waals surface area contributed by atoms with Gasteiger partial charge in [-0.05, 0) is 55.0 Å². The van der Waals surface area contributed by atoms with Gasteiger partial charge in [0.2, 0.25) is 0 Å². The fraction of sp³-hybridized carbons (Fsp3) is 0.296. The van der Waals surface area contributed by atoms with Gasteiger partial charge in [-0.2, -0.15) is 0 Å². The quantitative estimate of drug-likeness (QED) is 0.322. The lowest BCUT2D eigenvalue weighted by Gasteiger charge is -2.19. The fourth-order valence-electron chi connectivity index (χ4n) is 3.49. The Hall–Kier alpha value is -3.59. The van der Waals surface area contributed by atoms with Crippen molar-refractivity contribution in [3.63, 3.8) is 0 Å². The third-order valence-electron chi connectivity index (χ3n) is 5.49. The van der Waals surface area contributed by atoms with Gasteiger partial charge < -0.3 is 9.84 Å². The van der Waals surface area contributed by atoms with Gasteiger partial charge in [0, 0.05) is 27.6 Å². The van der Waals surface area contributed by atoms with Crippen LogP contribution in [0.4, 0.5) is 13.9 Å². The maximum atomic E-state index is 14.4. The average Bonchev–Trinajstić information content (AvgIpc) is 3.26. The molecule has 36 heavy (non-hydrogen) atoms. The number of carboxylic acids is 1. The molecule has 0 fully saturated rings. The summed E-state index contributed by atoms with van der Waals surface area (Å²) in [6, 6.07) is 7.55. The van der Waals surface area contributed by atoms with Crippen LogP contribution in [0.1, 0.15) is 55.6 Å². The molecule has 0 aliphatic heterocycles. The second kappa shape index (κ2) is 11.0. The molecule has 190 valence electrons. The number of carbonyl (C=O) groups is 2. The molecule has 0 saturated heterocycles. The highest BCUT2D eigenvalue weighted by Crippen LogP contribution is 2.36. The highest BCUT2D eigenvalue weighted by atomic mass is 32.1. The number of rotatable bonds is 8. The smallest absolute Gasteiger partial charge is 0.331 e. The zero-order valence-corrected chi connectivity index (χ0v) is 21.6. The van der Waals surface area contributed by atoms with Crippen LogP contribution in [0.2, 0.25) is 0 Å². The first-order chi connectivity index (χ1) is 16.9. The summed E-state index contributed by atoms with van der Waals surface area (Å²) in [4.78, 5) is 28.1. The van der Waals surface area contributed by atoms with Crippen molar-refractivity contribution in [2.24, 2.45) is 5.41 Å². The van der Waals surface area contributed by atoms with E-state index in [-0.39, 0.29) is 21.7 Å². The third kappa shape index (κ3) is 6.54. The van der Waals surface area contributed by atoms with Crippen molar-refractivity contribution in [1.29, 1.82) is 0 Å². The first-order valence-electron chi connectivity index (χ1n) is 11.2. The molecule has 0 aliphatic rings. The molecule has 0 bridgehead atoms. The molecular formula is C27H28F2N2O4S. The van der Waals surface area contributed by atoms with E-state index in [2.05, 4.69) is 31.1 Å². The van der Waals surface area contributed by atoms with E-state index in [1.165, 1.54) is 18.3 Å². The number of hydrogen-bond acceptors (Lipinski definition) is 5. The molecule has 1 amide bonds. The average molecular weight is 515 g/mol. The van der Waals surface area contributed by atoms with E-state index in [0.29, 0.717) is 5.69 Å². The normalized spacial score (nSPS) is 11.9. The molecule has 6 nitrogen and oxygen atoms in total. The number of hydrogen-bond donors (Lipinski definition) is 2. The molecule has 0 spiro atoms. The highest BCUT2D eigenvalue weighted by Gasteiger charge is 2.19. The van der Waals surface area contributed by atoms with E-state index in [1.54, 1.807) is 12.5 Å². The summed E-state index contributed by atoms with van der Waals surface area (Å²) in [5, 5.41) is 13.5. The van der Waals surface area contributed by atoms with Gasteiger partial charge in [-0.3, -0.25) is 10.1 Å². The number of halogens is 2. The number of ether oxygens (including phenoxy) is 1. The lowest BCUT2D eigenvalue weighted by molar-refractivity contribution is -0.132. The van der Waals surface area contributed by atoms with Crippen LogP contribution in [0.3, 0.4) is 0 Å². The molecule has 2 aromatic carbocycles. The number of aromatic nitrogens is 1. The minimum Gasteiger partial charge on any atom is -0.496 e.